The SMILES string of the molecule is CCCc1cc(CCl)cc(N(C)Cc2cccc(Cl)c2)n1. The van der Waals surface area contributed by atoms with E-state index in [4.69, 9.17) is 28.2 Å². The molecule has 2 nitrogen and oxygen atoms in total. The van der Waals surface area contributed by atoms with Gasteiger partial charge in [0, 0.05) is 30.2 Å². The average molecular weight is 323 g/mol. The van der Waals surface area contributed by atoms with Crippen LogP contribution in [0.1, 0.15) is 30.2 Å². The minimum absolute atomic E-state index is 0.511. The molecule has 1 aromatic carbocycles. The number of rotatable bonds is 6. The van der Waals surface area contributed by atoms with Crippen molar-refractivity contribution in [3.63, 3.8) is 0 Å². The van der Waals surface area contributed by atoms with Crippen molar-refractivity contribution in [3.05, 3.63) is 58.2 Å². The first-order chi connectivity index (χ1) is 10.1. The molecule has 21 heavy (non-hydrogen) atoms. The van der Waals surface area contributed by atoms with Gasteiger partial charge >= 0.3 is 0 Å². The summed E-state index contributed by atoms with van der Waals surface area (Å²) in [4.78, 5) is 6.85. The van der Waals surface area contributed by atoms with Gasteiger partial charge in [0.1, 0.15) is 5.82 Å². The van der Waals surface area contributed by atoms with Gasteiger partial charge in [-0.1, -0.05) is 37.1 Å². The maximum atomic E-state index is 6.04. The van der Waals surface area contributed by atoms with Gasteiger partial charge in [0.15, 0.2) is 0 Å². The molecule has 112 valence electrons. The molecule has 0 spiro atoms. The topological polar surface area (TPSA) is 16.1 Å². The van der Waals surface area contributed by atoms with E-state index in [1.54, 1.807) is 0 Å². The van der Waals surface area contributed by atoms with Crippen LogP contribution >= 0.6 is 23.2 Å². The van der Waals surface area contributed by atoms with Gasteiger partial charge < -0.3 is 4.90 Å². The van der Waals surface area contributed by atoms with Gasteiger partial charge in [-0.05, 0) is 41.8 Å². The van der Waals surface area contributed by atoms with E-state index in [1.165, 1.54) is 5.56 Å². The number of halogens is 2. The second-order valence-electron chi connectivity index (χ2n) is 5.19. The van der Waals surface area contributed by atoms with Crippen LogP contribution in [-0.2, 0) is 18.8 Å². The third kappa shape index (κ3) is 4.62. The molecule has 0 bridgehead atoms. The Labute approximate surface area is 136 Å². The predicted octanol–water partition coefficient (Wildman–Crippen LogP) is 5.06. The Kier molecular flexibility index (Phi) is 5.89. The molecule has 0 saturated carbocycles. The molecule has 2 rings (SSSR count). The van der Waals surface area contributed by atoms with Crippen LogP contribution in [0.15, 0.2) is 36.4 Å². The van der Waals surface area contributed by atoms with Crippen molar-refractivity contribution in [3.8, 4) is 0 Å². The fourth-order valence-corrected chi connectivity index (χ4v) is 2.65. The quantitative estimate of drug-likeness (QED) is 0.691. The summed E-state index contributed by atoms with van der Waals surface area (Å²) in [5.41, 5.74) is 3.38. The van der Waals surface area contributed by atoms with Crippen LogP contribution in [-0.4, -0.2) is 12.0 Å². The Morgan fingerprint density at radius 2 is 1.95 bits per heavy atom. The summed E-state index contributed by atoms with van der Waals surface area (Å²) >= 11 is 12.0. The standard InChI is InChI=1S/C17H20Cl2N2/c1-3-5-16-9-14(11-18)10-17(20-16)21(2)12-13-6-4-7-15(19)8-13/h4,6-10H,3,5,11-12H2,1-2H3. The smallest absolute Gasteiger partial charge is 0.129 e. The van der Waals surface area contributed by atoms with Gasteiger partial charge in [-0.2, -0.15) is 0 Å². The van der Waals surface area contributed by atoms with E-state index in [1.807, 2.05) is 25.2 Å². The molecule has 0 aliphatic rings. The second kappa shape index (κ2) is 7.67. The van der Waals surface area contributed by atoms with E-state index in [9.17, 15) is 0 Å². The number of hydrogen-bond acceptors (Lipinski definition) is 2. The van der Waals surface area contributed by atoms with Crippen LogP contribution in [0.4, 0.5) is 5.82 Å². The third-order valence-electron chi connectivity index (χ3n) is 3.28. The van der Waals surface area contributed by atoms with Crippen LogP contribution in [0, 0.1) is 0 Å². The highest BCUT2D eigenvalue weighted by Gasteiger charge is 2.08. The highest BCUT2D eigenvalue weighted by atomic mass is 35.5. The minimum Gasteiger partial charge on any atom is -0.355 e. The van der Waals surface area contributed by atoms with E-state index in [-0.39, 0.29) is 0 Å². The molecule has 0 atom stereocenters. The molecular formula is C17H20Cl2N2. The lowest BCUT2D eigenvalue weighted by molar-refractivity contribution is 0.846. The Hall–Kier alpha value is -1.25. The number of aromatic nitrogens is 1. The molecule has 0 radical (unpaired) electrons. The van der Waals surface area contributed by atoms with Gasteiger partial charge in [-0.3, -0.25) is 0 Å². The zero-order valence-corrected chi connectivity index (χ0v) is 14.0. The Morgan fingerprint density at radius 1 is 1.14 bits per heavy atom. The van der Waals surface area contributed by atoms with Crippen molar-refractivity contribution in [2.45, 2.75) is 32.2 Å². The van der Waals surface area contributed by atoms with Crippen LogP contribution in [0.2, 0.25) is 5.02 Å². The number of anilines is 1. The molecule has 0 unspecified atom stereocenters. The molecule has 1 heterocycles. The normalized spacial score (nSPS) is 10.7. The Bertz CT molecular complexity index is 599. The summed E-state index contributed by atoms with van der Waals surface area (Å²) in [5.74, 6) is 1.47. The molecule has 4 heteroatoms. The van der Waals surface area contributed by atoms with E-state index < -0.39 is 0 Å². The van der Waals surface area contributed by atoms with Crippen molar-refractivity contribution < 1.29 is 0 Å². The number of pyridine rings is 1. The summed E-state index contributed by atoms with van der Waals surface area (Å²) in [5, 5.41) is 0.759. The predicted molar refractivity (Wildman–Crippen MR) is 91.3 cm³/mol. The number of benzene rings is 1. The van der Waals surface area contributed by atoms with Gasteiger partial charge in [0.2, 0.25) is 0 Å². The lowest BCUT2D eigenvalue weighted by atomic mass is 10.1. The first-order valence-electron chi connectivity index (χ1n) is 7.13. The lowest BCUT2D eigenvalue weighted by Crippen LogP contribution is -2.18. The molecule has 0 amide bonds. The maximum Gasteiger partial charge on any atom is 0.129 e. The molecule has 0 saturated heterocycles. The zero-order valence-electron chi connectivity index (χ0n) is 12.4. The largest absolute Gasteiger partial charge is 0.355 e. The molecule has 0 aliphatic heterocycles. The first-order valence-corrected chi connectivity index (χ1v) is 8.05. The summed E-state index contributed by atoms with van der Waals surface area (Å²) in [6, 6.07) is 12.1. The number of hydrogen-bond donors (Lipinski definition) is 0. The molecular weight excluding hydrogens is 303 g/mol. The average Bonchev–Trinajstić information content (AvgIpc) is 2.47. The van der Waals surface area contributed by atoms with Crippen LogP contribution in [0.25, 0.3) is 0 Å². The molecule has 0 fully saturated rings. The zero-order chi connectivity index (χ0) is 15.2. The Balaban J connectivity index is 2.21. The second-order valence-corrected chi connectivity index (χ2v) is 5.90. The van der Waals surface area contributed by atoms with Crippen LogP contribution in [0.3, 0.4) is 0 Å². The van der Waals surface area contributed by atoms with Gasteiger partial charge in [0.25, 0.3) is 0 Å². The van der Waals surface area contributed by atoms with E-state index >= 15 is 0 Å². The van der Waals surface area contributed by atoms with E-state index in [0.717, 1.165) is 41.5 Å². The first kappa shape index (κ1) is 16.1. The van der Waals surface area contributed by atoms with Crippen molar-refractivity contribution >= 4 is 29.0 Å². The van der Waals surface area contributed by atoms with Crippen molar-refractivity contribution in [2.75, 3.05) is 11.9 Å². The van der Waals surface area contributed by atoms with E-state index in [0.29, 0.717) is 5.88 Å². The van der Waals surface area contributed by atoms with Crippen LogP contribution in [0.5, 0.6) is 0 Å². The molecule has 0 N–H and O–H groups in total. The maximum absolute atomic E-state index is 6.04. The minimum atomic E-state index is 0.511. The number of aryl methyl sites for hydroxylation is 1. The summed E-state index contributed by atoms with van der Waals surface area (Å²) in [7, 11) is 2.04. The number of alkyl halides is 1. The summed E-state index contributed by atoms with van der Waals surface area (Å²) in [6.45, 7) is 2.93. The molecule has 1 aromatic heterocycles. The molecule has 0 aliphatic carbocycles. The van der Waals surface area contributed by atoms with Gasteiger partial charge in [-0.25, -0.2) is 4.98 Å². The highest BCUT2D eigenvalue weighted by molar-refractivity contribution is 6.30. The fraction of sp³-hybridized carbons (Fsp3) is 0.353. The summed E-state index contributed by atoms with van der Waals surface area (Å²) < 4.78 is 0. The summed E-state index contributed by atoms with van der Waals surface area (Å²) in [6.07, 6.45) is 2.05. The highest BCUT2D eigenvalue weighted by Crippen LogP contribution is 2.19. The monoisotopic (exact) mass is 322 g/mol. The fourth-order valence-electron chi connectivity index (χ4n) is 2.28. The Morgan fingerprint density at radius 3 is 2.62 bits per heavy atom. The van der Waals surface area contributed by atoms with Gasteiger partial charge in [-0.15, -0.1) is 11.6 Å². The molecule has 2 aromatic rings. The van der Waals surface area contributed by atoms with Crippen molar-refractivity contribution in [2.24, 2.45) is 0 Å². The van der Waals surface area contributed by atoms with Crippen molar-refractivity contribution in [1.82, 2.24) is 4.98 Å². The number of nitrogens with zero attached hydrogens (tertiary/aromatic N) is 2. The van der Waals surface area contributed by atoms with Crippen LogP contribution < -0.4 is 4.90 Å². The van der Waals surface area contributed by atoms with Gasteiger partial charge in [0.05, 0.1) is 0 Å². The lowest BCUT2D eigenvalue weighted by Gasteiger charge is -2.20. The third-order valence-corrected chi connectivity index (χ3v) is 3.83. The van der Waals surface area contributed by atoms with E-state index in [2.05, 4.69) is 30.0 Å². The van der Waals surface area contributed by atoms with Crippen molar-refractivity contribution in [1.29, 1.82) is 0 Å².